The Hall–Kier alpha value is -3.86. The number of hydrogen-bond donors (Lipinski definition) is 0. The van der Waals surface area contributed by atoms with Crippen molar-refractivity contribution in [2.45, 2.75) is 13.5 Å². The Bertz CT molecular complexity index is 1130. The van der Waals surface area contributed by atoms with Crippen molar-refractivity contribution in [2.24, 2.45) is 0 Å². The van der Waals surface area contributed by atoms with Crippen molar-refractivity contribution in [3.8, 4) is 5.75 Å². The van der Waals surface area contributed by atoms with Crippen molar-refractivity contribution in [3.05, 3.63) is 101 Å². The highest BCUT2D eigenvalue weighted by atomic mass is 16.5. The molecule has 0 bridgehead atoms. The van der Waals surface area contributed by atoms with Crippen LogP contribution >= 0.6 is 0 Å². The van der Waals surface area contributed by atoms with Crippen LogP contribution in [0.2, 0.25) is 0 Å². The minimum Gasteiger partial charge on any atom is -0.497 e. The van der Waals surface area contributed by atoms with Gasteiger partial charge in [-0.25, -0.2) is 0 Å². The van der Waals surface area contributed by atoms with E-state index in [0.29, 0.717) is 11.3 Å². The zero-order valence-electron chi connectivity index (χ0n) is 17.8. The average Bonchev–Trinajstić information content (AvgIpc) is 3.05. The summed E-state index contributed by atoms with van der Waals surface area (Å²) in [6.07, 6.45) is 0. The van der Waals surface area contributed by atoms with Gasteiger partial charge in [-0.1, -0.05) is 60.2 Å². The summed E-state index contributed by atoms with van der Waals surface area (Å²) in [5.74, 6) is 0.135. The molecule has 0 radical (unpaired) electrons. The van der Waals surface area contributed by atoms with Gasteiger partial charge in [0.05, 0.1) is 19.2 Å². The molecule has 1 aliphatic heterocycles. The number of benzene rings is 3. The highest BCUT2D eigenvalue weighted by Crippen LogP contribution is 2.34. The van der Waals surface area contributed by atoms with Crippen LogP contribution in [-0.2, 0) is 16.1 Å². The Morgan fingerprint density at radius 1 is 0.839 bits per heavy atom. The molecule has 0 N–H and O–H groups in total. The fraction of sp³-hybridized carbons (Fsp3) is 0.154. The second-order valence-corrected chi connectivity index (χ2v) is 7.53. The number of likely N-dealkylation sites (N-methyl/N-ethyl adjacent to an activating group) is 1. The number of methoxy groups -OCH3 is 1. The first kappa shape index (κ1) is 20.4. The molecule has 4 rings (SSSR count). The van der Waals surface area contributed by atoms with E-state index >= 15 is 0 Å². The van der Waals surface area contributed by atoms with Crippen molar-refractivity contribution in [3.63, 3.8) is 0 Å². The first-order valence-electron chi connectivity index (χ1n) is 10.1. The van der Waals surface area contributed by atoms with Gasteiger partial charge in [-0.3, -0.25) is 14.5 Å². The lowest BCUT2D eigenvalue weighted by atomic mass is 10.0. The first-order valence-corrected chi connectivity index (χ1v) is 10.1. The van der Waals surface area contributed by atoms with Crippen LogP contribution in [0, 0.1) is 6.92 Å². The van der Waals surface area contributed by atoms with Gasteiger partial charge < -0.3 is 9.64 Å². The van der Waals surface area contributed by atoms with Crippen LogP contribution in [0.4, 0.5) is 5.69 Å². The van der Waals surface area contributed by atoms with Gasteiger partial charge in [0.15, 0.2) is 0 Å². The average molecular weight is 412 g/mol. The summed E-state index contributed by atoms with van der Waals surface area (Å²) >= 11 is 0. The van der Waals surface area contributed by atoms with Crippen LogP contribution in [-0.4, -0.2) is 30.9 Å². The number of aryl methyl sites for hydroxylation is 1. The summed E-state index contributed by atoms with van der Waals surface area (Å²) in [6, 6.07) is 24.7. The van der Waals surface area contributed by atoms with Gasteiger partial charge in [-0.05, 0) is 42.3 Å². The number of carbonyl (C=O) groups is 2. The zero-order valence-corrected chi connectivity index (χ0v) is 17.8. The predicted molar refractivity (Wildman–Crippen MR) is 121 cm³/mol. The molecule has 3 aromatic rings. The lowest BCUT2D eigenvalue weighted by Gasteiger charge is -2.21. The molecule has 31 heavy (non-hydrogen) atoms. The normalized spacial score (nSPS) is 13.7. The number of imide groups is 1. The van der Waals surface area contributed by atoms with Crippen molar-refractivity contribution in [2.75, 3.05) is 19.1 Å². The molecular weight excluding hydrogens is 388 g/mol. The van der Waals surface area contributed by atoms with Crippen LogP contribution in [0.1, 0.15) is 16.7 Å². The molecule has 0 unspecified atom stereocenters. The molecule has 156 valence electrons. The van der Waals surface area contributed by atoms with Gasteiger partial charge in [0.2, 0.25) is 0 Å². The number of ether oxygens (including phenoxy) is 1. The van der Waals surface area contributed by atoms with Gasteiger partial charge >= 0.3 is 0 Å². The van der Waals surface area contributed by atoms with Gasteiger partial charge in [0.25, 0.3) is 11.8 Å². The van der Waals surface area contributed by atoms with E-state index in [1.807, 2.05) is 92.8 Å². The topological polar surface area (TPSA) is 49.9 Å². The summed E-state index contributed by atoms with van der Waals surface area (Å²) in [6.45, 7) is 2.19. The predicted octanol–water partition coefficient (Wildman–Crippen LogP) is 4.42. The molecular formula is C26H24N2O3. The van der Waals surface area contributed by atoms with E-state index in [4.69, 9.17) is 4.74 Å². The third-order valence-electron chi connectivity index (χ3n) is 5.46. The maximum absolute atomic E-state index is 13.5. The van der Waals surface area contributed by atoms with Gasteiger partial charge in [-0.15, -0.1) is 0 Å². The van der Waals surface area contributed by atoms with Gasteiger partial charge in [-0.2, -0.15) is 0 Å². The minimum atomic E-state index is -0.303. The molecule has 0 atom stereocenters. The number of carbonyl (C=O) groups excluding carboxylic acids is 2. The summed E-state index contributed by atoms with van der Waals surface area (Å²) in [5, 5.41) is 0. The molecule has 0 fully saturated rings. The summed E-state index contributed by atoms with van der Waals surface area (Å²) in [5.41, 5.74) is 4.33. The molecule has 0 aliphatic carbocycles. The third-order valence-corrected chi connectivity index (χ3v) is 5.46. The molecule has 0 aromatic heterocycles. The minimum absolute atomic E-state index is 0.198. The molecule has 5 nitrogen and oxygen atoms in total. The Morgan fingerprint density at radius 2 is 1.48 bits per heavy atom. The molecule has 0 saturated heterocycles. The van der Waals surface area contributed by atoms with E-state index in [2.05, 4.69) is 0 Å². The van der Waals surface area contributed by atoms with Gasteiger partial charge in [0, 0.05) is 12.7 Å². The molecule has 5 heteroatoms. The maximum atomic E-state index is 13.5. The Kier molecular flexibility index (Phi) is 5.58. The highest BCUT2D eigenvalue weighted by Gasteiger charge is 2.41. The van der Waals surface area contributed by atoms with Crippen LogP contribution in [0.25, 0.3) is 5.57 Å². The fourth-order valence-electron chi connectivity index (χ4n) is 3.69. The lowest BCUT2D eigenvalue weighted by Crippen LogP contribution is -2.33. The fourth-order valence-corrected chi connectivity index (χ4v) is 3.69. The van der Waals surface area contributed by atoms with E-state index in [0.717, 1.165) is 28.1 Å². The van der Waals surface area contributed by atoms with Crippen LogP contribution < -0.4 is 9.64 Å². The maximum Gasteiger partial charge on any atom is 0.278 e. The third kappa shape index (κ3) is 3.94. The number of para-hydroxylation sites is 1. The number of rotatable bonds is 6. The second-order valence-electron chi connectivity index (χ2n) is 7.53. The van der Waals surface area contributed by atoms with Crippen LogP contribution in [0.5, 0.6) is 5.75 Å². The summed E-state index contributed by atoms with van der Waals surface area (Å²) < 4.78 is 5.20. The summed E-state index contributed by atoms with van der Waals surface area (Å²) in [4.78, 5) is 30.1. The van der Waals surface area contributed by atoms with Gasteiger partial charge in [0.1, 0.15) is 11.4 Å². The van der Waals surface area contributed by atoms with Crippen LogP contribution in [0.15, 0.2) is 84.6 Å². The Labute approximate surface area is 182 Å². The van der Waals surface area contributed by atoms with E-state index in [-0.39, 0.29) is 18.4 Å². The van der Waals surface area contributed by atoms with Crippen molar-refractivity contribution < 1.29 is 14.3 Å². The van der Waals surface area contributed by atoms with Crippen molar-refractivity contribution >= 4 is 23.1 Å². The number of anilines is 1. The Morgan fingerprint density at radius 3 is 2.10 bits per heavy atom. The van der Waals surface area contributed by atoms with E-state index < -0.39 is 0 Å². The molecule has 3 aromatic carbocycles. The van der Waals surface area contributed by atoms with E-state index in [1.165, 1.54) is 4.90 Å². The highest BCUT2D eigenvalue weighted by molar-refractivity contribution is 6.36. The van der Waals surface area contributed by atoms with Crippen LogP contribution in [0.3, 0.4) is 0 Å². The summed E-state index contributed by atoms with van der Waals surface area (Å²) in [7, 11) is 3.42. The molecule has 1 aliphatic rings. The molecule has 1 heterocycles. The van der Waals surface area contributed by atoms with Crippen molar-refractivity contribution in [1.29, 1.82) is 0 Å². The zero-order chi connectivity index (χ0) is 22.0. The van der Waals surface area contributed by atoms with E-state index in [1.54, 1.807) is 12.0 Å². The largest absolute Gasteiger partial charge is 0.497 e. The number of nitrogens with zero attached hydrogens (tertiary/aromatic N) is 2. The number of amides is 2. The molecule has 0 saturated carbocycles. The van der Waals surface area contributed by atoms with E-state index in [9.17, 15) is 9.59 Å². The quantitative estimate of drug-likeness (QED) is 0.563. The Balaban J connectivity index is 1.75. The SMILES string of the molecule is COc1ccc(CN2C(=O)C(c3ccc(C)cc3)=C(N(C)c3ccccc3)C2=O)cc1. The standard InChI is InChI=1S/C26H24N2O3/c1-18-9-13-20(14-10-18)23-24(27(2)21-7-5-4-6-8-21)26(30)28(25(23)29)17-19-11-15-22(31-3)16-12-19/h4-16H,17H2,1-3H3. The van der Waals surface area contributed by atoms with Crippen molar-refractivity contribution in [1.82, 2.24) is 4.90 Å². The number of hydrogen-bond acceptors (Lipinski definition) is 4. The molecule has 2 amide bonds. The smallest absolute Gasteiger partial charge is 0.278 e. The monoisotopic (exact) mass is 412 g/mol. The second kappa shape index (κ2) is 8.48. The lowest BCUT2D eigenvalue weighted by molar-refractivity contribution is -0.137. The first-order chi connectivity index (χ1) is 15.0. The molecule has 0 spiro atoms.